The van der Waals surface area contributed by atoms with Gasteiger partial charge in [-0.2, -0.15) is 4.57 Å². The fourth-order valence-electron chi connectivity index (χ4n) is 7.64. The summed E-state index contributed by atoms with van der Waals surface area (Å²) in [5.41, 5.74) is 4.71. The predicted octanol–water partition coefficient (Wildman–Crippen LogP) is 11.8. The van der Waals surface area contributed by atoms with Crippen LogP contribution in [0.3, 0.4) is 0 Å². The first-order valence-electron chi connectivity index (χ1n) is 19.9. The van der Waals surface area contributed by atoms with Crippen LogP contribution in [0.2, 0.25) is 0 Å². The lowest BCUT2D eigenvalue weighted by molar-refractivity contribution is -0.115. The van der Waals surface area contributed by atoms with Gasteiger partial charge < -0.3 is 39.1 Å². The zero-order valence-corrected chi connectivity index (χ0v) is 36.9. The summed E-state index contributed by atoms with van der Waals surface area (Å²) in [5, 5.41) is 8.81. The van der Waals surface area contributed by atoms with Crippen LogP contribution in [0.25, 0.3) is 32.6 Å². The molecule has 1 atom stereocenters. The molecule has 9 rings (SSSR count). The molecule has 0 spiro atoms. The van der Waals surface area contributed by atoms with Crippen molar-refractivity contribution in [1.29, 1.82) is 0 Å². The quantitative estimate of drug-likeness (QED) is 0.0340. The zero-order valence-electron chi connectivity index (χ0n) is 33.6. The number of amides is 3. The highest BCUT2D eigenvalue weighted by atomic mass is 35.5. The van der Waals surface area contributed by atoms with Gasteiger partial charge in [0, 0.05) is 62.7 Å². The highest BCUT2D eigenvalue weighted by Crippen LogP contribution is 2.53. The number of nitrogens with zero attached hydrogens (tertiary/aromatic N) is 1. The standard InChI is InChI=1S/C47H39ClN5O7PS2/c1-62-63-21-20-45(54)49-31-16-18-39-29(22-31)24-41(51-39)46(55)50-32-17-19-40-30(23-32)25-42(52-40)47(56)53-33(28-48)26-38-36-14-8-9-15-37(36)44(27-43(38)53)60-61(57,58-34-10-4-2-5-11-34)59-35-12-6-3-7-13-35/h2-19,22-25,27,33,51-52H,20-21,26,28H2,1H3,(H,49,54)(H,50,55)/t33-/m0/s1. The minimum atomic E-state index is -4.39. The van der Waals surface area contributed by atoms with Gasteiger partial charge in [0.25, 0.3) is 11.8 Å². The second-order valence-corrected chi connectivity index (χ2v) is 19.1. The molecule has 3 heterocycles. The Kier molecular flexibility index (Phi) is 12.1. The van der Waals surface area contributed by atoms with Crippen molar-refractivity contribution >= 4 is 108 Å². The highest BCUT2D eigenvalue weighted by Gasteiger charge is 2.39. The Morgan fingerprint density at radius 2 is 1.32 bits per heavy atom. The maximum atomic E-state index is 14.6. The molecule has 8 aromatic rings. The Labute approximate surface area is 375 Å². The molecule has 16 heteroatoms. The van der Waals surface area contributed by atoms with Crippen molar-refractivity contribution in [2.45, 2.75) is 18.9 Å². The van der Waals surface area contributed by atoms with E-state index in [1.807, 2.05) is 54.8 Å². The van der Waals surface area contributed by atoms with Gasteiger partial charge in [-0.05, 0) is 96.4 Å². The van der Waals surface area contributed by atoms with Crippen LogP contribution in [0.1, 0.15) is 33.0 Å². The molecule has 6 aromatic carbocycles. The van der Waals surface area contributed by atoms with Crippen molar-refractivity contribution in [2.24, 2.45) is 0 Å². The van der Waals surface area contributed by atoms with Gasteiger partial charge in [-0.3, -0.25) is 14.4 Å². The van der Waals surface area contributed by atoms with Crippen molar-refractivity contribution in [1.82, 2.24) is 9.97 Å². The number of hydrogen-bond donors (Lipinski definition) is 4. The predicted molar refractivity (Wildman–Crippen MR) is 255 cm³/mol. The number of para-hydroxylation sites is 2. The van der Waals surface area contributed by atoms with Gasteiger partial charge >= 0.3 is 7.82 Å². The van der Waals surface area contributed by atoms with E-state index in [9.17, 15) is 18.9 Å². The third-order valence-electron chi connectivity index (χ3n) is 10.5. The highest BCUT2D eigenvalue weighted by molar-refractivity contribution is 8.76. The Morgan fingerprint density at radius 3 is 1.95 bits per heavy atom. The molecule has 0 bridgehead atoms. The molecule has 0 unspecified atom stereocenters. The number of carbonyl (C=O) groups is 3. The van der Waals surface area contributed by atoms with Crippen LogP contribution in [0.4, 0.5) is 17.1 Å². The molecule has 0 saturated carbocycles. The number of phosphoric ester groups is 1. The summed E-state index contributed by atoms with van der Waals surface area (Å²) in [6.45, 7) is 0. The number of carbonyl (C=O) groups excluding carboxylic acids is 3. The van der Waals surface area contributed by atoms with Gasteiger partial charge in [-0.25, -0.2) is 0 Å². The van der Waals surface area contributed by atoms with Crippen molar-refractivity contribution in [3.63, 3.8) is 0 Å². The van der Waals surface area contributed by atoms with Crippen LogP contribution < -0.4 is 29.1 Å². The number of aromatic nitrogens is 2. The SMILES string of the molecule is CSSCCC(=O)Nc1ccc2[nH]c(C(=O)Nc3ccc4[nH]c(C(=O)N5c6cc(OP(=O)(Oc7ccccc7)Oc7ccccc7)c7ccccc7c6C[C@H]5CCl)cc4c3)cc2c1. The van der Waals surface area contributed by atoms with E-state index in [1.54, 1.807) is 117 Å². The molecular weight excluding hydrogens is 877 g/mol. The molecule has 0 aliphatic carbocycles. The summed E-state index contributed by atoms with van der Waals surface area (Å²) in [4.78, 5) is 48.5. The maximum Gasteiger partial charge on any atom is 0.647 e. The smallest absolute Gasteiger partial charge is 0.386 e. The van der Waals surface area contributed by atoms with E-state index in [4.69, 9.17) is 25.2 Å². The Balaban J connectivity index is 0.975. The number of fused-ring (bicyclic) bond motifs is 5. The first kappa shape index (κ1) is 42.0. The molecule has 0 radical (unpaired) electrons. The van der Waals surface area contributed by atoms with Crippen LogP contribution in [0, 0.1) is 0 Å². The molecule has 3 amide bonds. The summed E-state index contributed by atoms with van der Waals surface area (Å²) in [7, 11) is -1.14. The van der Waals surface area contributed by atoms with E-state index in [1.165, 1.54) is 0 Å². The van der Waals surface area contributed by atoms with E-state index in [0.29, 0.717) is 57.6 Å². The lowest BCUT2D eigenvalue weighted by atomic mass is 10.0. The number of alkyl halides is 1. The van der Waals surface area contributed by atoms with Gasteiger partial charge in [-0.15, -0.1) is 11.6 Å². The molecule has 4 N–H and O–H groups in total. The molecule has 2 aromatic heterocycles. The molecular formula is C47H39ClN5O7PS2. The Bertz CT molecular complexity index is 3010. The van der Waals surface area contributed by atoms with E-state index in [-0.39, 0.29) is 40.9 Å². The summed E-state index contributed by atoms with van der Waals surface area (Å²) < 4.78 is 32.8. The average Bonchev–Trinajstić information content (AvgIpc) is 4.02. The summed E-state index contributed by atoms with van der Waals surface area (Å²) in [6, 6.07) is 40.4. The number of H-pyrrole nitrogens is 2. The molecule has 0 saturated heterocycles. The first-order chi connectivity index (χ1) is 30.7. The van der Waals surface area contributed by atoms with Gasteiger partial charge in [0.05, 0.1) is 11.7 Å². The lowest BCUT2D eigenvalue weighted by Crippen LogP contribution is -2.39. The van der Waals surface area contributed by atoms with Crippen molar-refractivity contribution < 1.29 is 32.5 Å². The monoisotopic (exact) mass is 915 g/mol. The number of rotatable bonds is 15. The lowest BCUT2D eigenvalue weighted by Gasteiger charge is -2.25. The molecule has 0 fully saturated rings. The van der Waals surface area contributed by atoms with Crippen molar-refractivity contribution in [2.75, 3.05) is 33.4 Å². The fourth-order valence-corrected chi connectivity index (χ4v) is 10.3. The molecule has 1 aliphatic heterocycles. The minimum absolute atomic E-state index is 0.0701. The zero-order chi connectivity index (χ0) is 43.5. The maximum absolute atomic E-state index is 14.6. The van der Waals surface area contributed by atoms with Crippen LogP contribution in [-0.4, -0.2) is 51.6 Å². The second-order valence-electron chi connectivity index (χ2n) is 14.7. The molecule has 318 valence electrons. The third-order valence-corrected chi connectivity index (χ3v) is 13.9. The number of benzene rings is 6. The van der Waals surface area contributed by atoms with Gasteiger partial charge in [0.2, 0.25) is 5.91 Å². The number of nitrogens with one attached hydrogen (secondary N) is 4. The third kappa shape index (κ3) is 9.12. The molecule has 12 nitrogen and oxygen atoms in total. The summed E-state index contributed by atoms with van der Waals surface area (Å²) >= 11 is 6.59. The largest absolute Gasteiger partial charge is 0.647 e. The number of aromatic amines is 2. The average molecular weight is 916 g/mol. The van der Waals surface area contributed by atoms with E-state index >= 15 is 0 Å². The van der Waals surface area contributed by atoms with Crippen LogP contribution in [0.5, 0.6) is 17.2 Å². The second kappa shape index (κ2) is 18.2. The van der Waals surface area contributed by atoms with Gasteiger partial charge in [0.15, 0.2) is 0 Å². The Morgan fingerprint density at radius 1 is 0.730 bits per heavy atom. The van der Waals surface area contributed by atoms with Crippen LogP contribution >= 0.6 is 41.0 Å². The van der Waals surface area contributed by atoms with Crippen LogP contribution in [-0.2, 0) is 15.8 Å². The van der Waals surface area contributed by atoms with Gasteiger partial charge in [-0.1, -0.05) is 82.3 Å². The fraction of sp³-hybridized carbons (Fsp3) is 0.128. The summed E-state index contributed by atoms with van der Waals surface area (Å²) in [5.74, 6) is 0.880. The van der Waals surface area contributed by atoms with E-state index < -0.39 is 13.9 Å². The van der Waals surface area contributed by atoms with Crippen molar-refractivity contribution in [3.05, 3.63) is 156 Å². The number of hydrogen-bond acceptors (Lipinski definition) is 9. The van der Waals surface area contributed by atoms with E-state index in [2.05, 4.69) is 20.6 Å². The minimum Gasteiger partial charge on any atom is -0.386 e. The topological polar surface area (TPSA) is 155 Å². The Hall–Kier alpha value is -6.31. The molecule has 63 heavy (non-hydrogen) atoms. The normalized spacial score (nSPS) is 13.6. The summed E-state index contributed by atoms with van der Waals surface area (Å²) in [6.07, 6.45) is 2.86. The van der Waals surface area contributed by atoms with Crippen molar-refractivity contribution in [3.8, 4) is 17.2 Å². The number of phosphoric acid groups is 1. The van der Waals surface area contributed by atoms with Gasteiger partial charge in [0.1, 0.15) is 28.6 Å². The number of anilines is 3. The first-order valence-corrected chi connectivity index (χ1v) is 24.6. The van der Waals surface area contributed by atoms with E-state index in [0.717, 1.165) is 27.6 Å². The molecule has 1 aliphatic rings. The van der Waals surface area contributed by atoms with Crippen LogP contribution in [0.15, 0.2) is 140 Å². The number of halogens is 1.